The molecular formula is C15H17NO2. The van der Waals surface area contributed by atoms with Crippen LogP contribution >= 0.6 is 0 Å². The van der Waals surface area contributed by atoms with Crippen molar-refractivity contribution < 1.29 is 9.90 Å². The maximum atomic E-state index is 12.1. The molecule has 3 rings (SSSR count). The lowest BCUT2D eigenvalue weighted by molar-refractivity contribution is -0.126. The van der Waals surface area contributed by atoms with Crippen LogP contribution in [0.3, 0.4) is 0 Å². The van der Waals surface area contributed by atoms with Gasteiger partial charge in [-0.25, -0.2) is 0 Å². The molecule has 0 spiro atoms. The molecule has 0 bridgehead atoms. The van der Waals surface area contributed by atoms with E-state index in [9.17, 15) is 9.90 Å². The molecule has 2 aliphatic rings. The van der Waals surface area contributed by atoms with Crippen LogP contribution in [0.5, 0.6) is 0 Å². The molecule has 0 fully saturated rings. The first-order valence-corrected chi connectivity index (χ1v) is 6.47. The van der Waals surface area contributed by atoms with E-state index in [1.807, 2.05) is 36.4 Å². The average molecular weight is 243 g/mol. The molecule has 2 N–H and O–H groups in total. The number of fused-ring (bicyclic) bond motifs is 1. The van der Waals surface area contributed by atoms with E-state index >= 15 is 0 Å². The summed E-state index contributed by atoms with van der Waals surface area (Å²) in [6.07, 6.45) is 5.85. The molecule has 1 aromatic rings. The monoisotopic (exact) mass is 243 g/mol. The van der Waals surface area contributed by atoms with Gasteiger partial charge in [0.25, 0.3) is 0 Å². The molecular weight excluding hydrogens is 226 g/mol. The number of carbonyl (C=O) groups excluding carboxylic acids is 1. The first kappa shape index (κ1) is 11.5. The molecule has 18 heavy (non-hydrogen) atoms. The summed E-state index contributed by atoms with van der Waals surface area (Å²) in [6.45, 7) is 0. The van der Waals surface area contributed by atoms with Gasteiger partial charge in [-0.3, -0.25) is 4.79 Å². The quantitative estimate of drug-likeness (QED) is 0.777. The fourth-order valence-electron chi connectivity index (χ4n) is 2.85. The summed E-state index contributed by atoms with van der Waals surface area (Å²) < 4.78 is 0. The summed E-state index contributed by atoms with van der Waals surface area (Å²) in [4.78, 5) is 12.1. The molecule has 2 aliphatic carbocycles. The number of allylic oxidation sites excluding steroid dienone is 2. The molecule has 0 heterocycles. The third-order valence-corrected chi connectivity index (χ3v) is 3.88. The van der Waals surface area contributed by atoms with Gasteiger partial charge in [0.2, 0.25) is 5.91 Å². The summed E-state index contributed by atoms with van der Waals surface area (Å²) in [5, 5.41) is 13.1. The summed E-state index contributed by atoms with van der Waals surface area (Å²) in [7, 11) is 0. The van der Waals surface area contributed by atoms with Crippen molar-refractivity contribution in [2.45, 2.75) is 31.4 Å². The first-order chi connectivity index (χ1) is 8.75. The highest BCUT2D eigenvalue weighted by molar-refractivity contribution is 5.80. The lowest BCUT2D eigenvalue weighted by atomic mass is 10.0. The van der Waals surface area contributed by atoms with Gasteiger partial charge in [0, 0.05) is 12.3 Å². The number of rotatable bonds is 2. The second-order valence-electron chi connectivity index (χ2n) is 5.10. The molecule has 0 saturated heterocycles. The van der Waals surface area contributed by atoms with Gasteiger partial charge in [0.15, 0.2) is 0 Å². The van der Waals surface area contributed by atoms with Crippen molar-refractivity contribution >= 4 is 5.91 Å². The standard InChI is InChI=1S/C15H17NO2/c17-13-9-11-7-3-4-8-12(11)14(13)16-15(18)10-5-1-2-6-10/h1-4,7-8,10,13-14,17H,5-6,9H2,(H,16,18)/t13-,14+/m0/s1. The van der Waals surface area contributed by atoms with E-state index in [1.165, 1.54) is 0 Å². The van der Waals surface area contributed by atoms with Crippen LogP contribution in [0, 0.1) is 5.92 Å². The number of hydrogen-bond donors (Lipinski definition) is 2. The van der Waals surface area contributed by atoms with E-state index in [0.717, 1.165) is 24.0 Å². The Balaban J connectivity index is 1.74. The minimum absolute atomic E-state index is 0.0463. The molecule has 3 nitrogen and oxygen atoms in total. The number of hydrogen-bond acceptors (Lipinski definition) is 2. The Morgan fingerprint density at radius 2 is 1.94 bits per heavy atom. The van der Waals surface area contributed by atoms with Gasteiger partial charge >= 0.3 is 0 Å². The maximum Gasteiger partial charge on any atom is 0.224 e. The van der Waals surface area contributed by atoms with Crippen molar-refractivity contribution in [3.63, 3.8) is 0 Å². The highest BCUT2D eigenvalue weighted by Crippen LogP contribution is 2.32. The molecule has 0 aromatic heterocycles. The van der Waals surface area contributed by atoms with Crippen LogP contribution in [0.2, 0.25) is 0 Å². The molecule has 2 atom stereocenters. The molecule has 1 amide bonds. The van der Waals surface area contributed by atoms with Crippen LogP contribution in [-0.4, -0.2) is 17.1 Å². The highest BCUT2D eigenvalue weighted by Gasteiger charge is 2.33. The van der Waals surface area contributed by atoms with Crippen molar-refractivity contribution in [2.75, 3.05) is 0 Å². The van der Waals surface area contributed by atoms with Crippen molar-refractivity contribution in [2.24, 2.45) is 5.92 Å². The molecule has 1 aromatic carbocycles. The summed E-state index contributed by atoms with van der Waals surface area (Å²) >= 11 is 0. The minimum atomic E-state index is -0.499. The fraction of sp³-hybridized carbons (Fsp3) is 0.400. The van der Waals surface area contributed by atoms with Gasteiger partial charge in [-0.2, -0.15) is 0 Å². The average Bonchev–Trinajstić information content (AvgIpc) is 2.98. The van der Waals surface area contributed by atoms with Crippen molar-refractivity contribution in [3.05, 3.63) is 47.5 Å². The highest BCUT2D eigenvalue weighted by atomic mass is 16.3. The molecule has 3 heteroatoms. The SMILES string of the molecule is O=C(N[C@@H]1c2ccccc2C[C@@H]1O)C1CC=CC1. The van der Waals surface area contributed by atoms with E-state index in [4.69, 9.17) is 0 Å². The largest absolute Gasteiger partial charge is 0.390 e. The summed E-state index contributed by atoms with van der Waals surface area (Å²) in [6, 6.07) is 7.68. The second-order valence-corrected chi connectivity index (χ2v) is 5.10. The number of amides is 1. The van der Waals surface area contributed by atoms with Crippen molar-refractivity contribution in [1.82, 2.24) is 5.32 Å². The number of benzene rings is 1. The van der Waals surface area contributed by atoms with Gasteiger partial charge in [-0.1, -0.05) is 36.4 Å². The minimum Gasteiger partial charge on any atom is -0.390 e. The molecule has 0 unspecified atom stereocenters. The van der Waals surface area contributed by atoms with Crippen LogP contribution in [0.1, 0.15) is 30.0 Å². The predicted octanol–water partition coefficient (Wildman–Crippen LogP) is 1.73. The van der Waals surface area contributed by atoms with Crippen LogP contribution in [0.15, 0.2) is 36.4 Å². The van der Waals surface area contributed by atoms with Crippen molar-refractivity contribution in [1.29, 1.82) is 0 Å². The lowest BCUT2D eigenvalue weighted by Gasteiger charge is -2.20. The zero-order valence-electron chi connectivity index (χ0n) is 10.2. The number of carbonyl (C=O) groups is 1. The second kappa shape index (κ2) is 4.58. The summed E-state index contributed by atoms with van der Waals surface area (Å²) in [5.41, 5.74) is 2.20. The molecule has 0 radical (unpaired) electrons. The topological polar surface area (TPSA) is 49.3 Å². The molecule has 0 saturated carbocycles. The van der Waals surface area contributed by atoms with Crippen LogP contribution < -0.4 is 5.32 Å². The zero-order chi connectivity index (χ0) is 12.5. The Bertz CT molecular complexity index is 487. The Hall–Kier alpha value is -1.61. The third kappa shape index (κ3) is 1.95. The van der Waals surface area contributed by atoms with Crippen LogP contribution in [-0.2, 0) is 11.2 Å². The van der Waals surface area contributed by atoms with Crippen LogP contribution in [0.25, 0.3) is 0 Å². The normalized spacial score (nSPS) is 26.3. The van der Waals surface area contributed by atoms with E-state index < -0.39 is 6.10 Å². The predicted molar refractivity (Wildman–Crippen MR) is 68.9 cm³/mol. The number of aliphatic hydroxyl groups excluding tert-OH is 1. The Morgan fingerprint density at radius 1 is 1.22 bits per heavy atom. The van der Waals surface area contributed by atoms with Gasteiger partial charge in [0.1, 0.15) is 0 Å². The molecule has 0 aliphatic heterocycles. The van der Waals surface area contributed by atoms with Crippen LogP contribution in [0.4, 0.5) is 0 Å². The van der Waals surface area contributed by atoms with Gasteiger partial charge in [-0.05, 0) is 24.0 Å². The van der Waals surface area contributed by atoms with E-state index in [-0.39, 0.29) is 17.9 Å². The van der Waals surface area contributed by atoms with Gasteiger partial charge in [0.05, 0.1) is 12.1 Å². The number of aliphatic hydroxyl groups is 1. The Kier molecular flexibility index (Phi) is 2.92. The van der Waals surface area contributed by atoms with Gasteiger partial charge < -0.3 is 10.4 Å². The van der Waals surface area contributed by atoms with E-state index in [0.29, 0.717) is 6.42 Å². The Labute approximate surface area is 107 Å². The third-order valence-electron chi connectivity index (χ3n) is 3.88. The maximum absolute atomic E-state index is 12.1. The lowest BCUT2D eigenvalue weighted by Crippen LogP contribution is -2.37. The number of nitrogens with one attached hydrogen (secondary N) is 1. The van der Waals surface area contributed by atoms with Crippen molar-refractivity contribution in [3.8, 4) is 0 Å². The summed E-state index contributed by atoms with van der Waals surface area (Å²) in [5.74, 6) is 0.103. The van der Waals surface area contributed by atoms with E-state index in [1.54, 1.807) is 0 Å². The zero-order valence-corrected chi connectivity index (χ0v) is 10.2. The van der Waals surface area contributed by atoms with Gasteiger partial charge in [-0.15, -0.1) is 0 Å². The Morgan fingerprint density at radius 3 is 2.72 bits per heavy atom. The molecule has 94 valence electrons. The smallest absolute Gasteiger partial charge is 0.224 e. The first-order valence-electron chi connectivity index (χ1n) is 6.47. The fourth-order valence-corrected chi connectivity index (χ4v) is 2.85. The van der Waals surface area contributed by atoms with E-state index in [2.05, 4.69) is 5.32 Å².